The third kappa shape index (κ3) is 2.83. The molecule has 0 aliphatic carbocycles. The normalized spacial score (nSPS) is 13.4. The van der Waals surface area contributed by atoms with Gasteiger partial charge in [0.25, 0.3) is 0 Å². The van der Waals surface area contributed by atoms with Crippen LogP contribution >= 0.6 is 0 Å². The first-order valence-electron chi connectivity index (χ1n) is 6.51. The largest absolute Gasteiger partial charge is 0.487 e. The fourth-order valence-corrected chi connectivity index (χ4v) is 2.08. The second-order valence-corrected chi connectivity index (χ2v) is 4.63. The van der Waals surface area contributed by atoms with Gasteiger partial charge in [0.1, 0.15) is 12.4 Å². The summed E-state index contributed by atoms with van der Waals surface area (Å²) < 4.78 is 5.79. The average Bonchev–Trinajstić information content (AvgIpc) is 2.92. The van der Waals surface area contributed by atoms with Crippen LogP contribution in [0.4, 0.5) is 0 Å². The molecule has 3 nitrogen and oxygen atoms in total. The Morgan fingerprint density at radius 3 is 2.45 bits per heavy atom. The van der Waals surface area contributed by atoms with Crippen LogP contribution in [-0.2, 0) is 0 Å². The predicted octanol–water partition coefficient (Wildman–Crippen LogP) is 3.24. The monoisotopic (exact) mass is 264 g/mol. The summed E-state index contributed by atoms with van der Waals surface area (Å²) >= 11 is 0. The molecule has 0 saturated carbocycles. The van der Waals surface area contributed by atoms with Crippen molar-refractivity contribution in [1.82, 2.24) is 10.9 Å². The van der Waals surface area contributed by atoms with E-state index >= 15 is 0 Å². The van der Waals surface area contributed by atoms with Gasteiger partial charge in [0, 0.05) is 5.70 Å². The predicted molar refractivity (Wildman–Crippen MR) is 80.9 cm³/mol. The Morgan fingerprint density at radius 2 is 1.70 bits per heavy atom. The zero-order chi connectivity index (χ0) is 13.8. The molecule has 2 N–H and O–H groups in total. The lowest BCUT2D eigenvalue weighted by Crippen LogP contribution is -2.25. The molecule has 0 bridgehead atoms. The molecule has 3 heteroatoms. The van der Waals surface area contributed by atoms with Gasteiger partial charge in [0.15, 0.2) is 0 Å². The topological polar surface area (TPSA) is 33.3 Å². The van der Waals surface area contributed by atoms with Gasteiger partial charge in [-0.25, -0.2) is 0 Å². The van der Waals surface area contributed by atoms with Gasteiger partial charge in [-0.05, 0) is 29.3 Å². The summed E-state index contributed by atoms with van der Waals surface area (Å²) in [6.45, 7) is 4.30. The Morgan fingerprint density at radius 1 is 0.900 bits per heavy atom. The van der Waals surface area contributed by atoms with E-state index in [1.807, 2.05) is 42.5 Å². The van der Waals surface area contributed by atoms with E-state index in [0.29, 0.717) is 6.61 Å². The minimum atomic E-state index is 0.490. The summed E-state index contributed by atoms with van der Waals surface area (Å²) in [5.74, 6) is 0.853. The highest BCUT2D eigenvalue weighted by Gasteiger charge is 2.06. The van der Waals surface area contributed by atoms with E-state index in [1.165, 1.54) is 5.56 Å². The van der Waals surface area contributed by atoms with Crippen molar-refractivity contribution in [2.24, 2.45) is 0 Å². The van der Waals surface area contributed by atoms with Crippen LogP contribution in [0.15, 0.2) is 78.6 Å². The fraction of sp³-hybridized carbons (Fsp3) is 0.0588. The number of rotatable bonds is 4. The molecule has 0 atom stereocenters. The van der Waals surface area contributed by atoms with E-state index < -0.39 is 0 Å². The molecular formula is C17H16N2O. The van der Waals surface area contributed by atoms with Gasteiger partial charge < -0.3 is 15.6 Å². The highest BCUT2D eigenvalue weighted by molar-refractivity contribution is 5.64. The molecule has 3 rings (SSSR count). The van der Waals surface area contributed by atoms with Crippen LogP contribution in [0.1, 0.15) is 0 Å². The number of hydrogen-bond acceptors (Lipinski definition) is 3. The van der Waals surface area contributed by atoms with Crippen LogP contribution in [0, 0.1) is 0 Å². The highest BCUT2D eigenvalue weighted by atomic mass is 16.5. The second kappa shape index (κ2) is 5.53. The molecule has 0 radical (unpaired) electrons. The van der Waals surface area contributed by atoms with Crippen LogP contribution in [0.2, 0.25) is 0 Å². The van der Waals surface area contributed by atoms with Crippen molar-refractivity contribution >= 4 is 0 Å². The molecule has 2 aromatic carbocycles. The lowest BCUT2D eigenvalue weighted by Gasteiger charge is -2.09. The van der Waals surface area contributed by atoms with Crippen LogP contribution in [0.25, 0.3) is 11.1 Å². The molecule has 0 fully saturated rings. The Bertz CT molecular complexity index is 647. The van der Waals surface area contributed by atoms with Gasteiger partial charge in [-0.15, -0.1) is 0 Å². The third-order valence-corrected chi connectivity index (χ3v) is 3.07. The van der Waals surface area contributed by atoms with Crippen molar-refractivity contribution in [2.45, 2.75) is 0 Å². The van der Waals surface area contributed by atoms with Crippen molar-refractivity contribution in [1.29, 1.82) is 0 Å². The molecule has 2 aromatic rings. The summed E-state index contributed by atoms with van der Waals surface area (Å²) in [5.41, 5.74) is 10.1. The number of nitrogens with one attached hydrogen (secondary N) is 2. The zero-order valence-electron chi connectivity index (χ0n) is 11.1. The first kappa shape index (κ1) is 12.4. The summed E-state index contributed by atoms with van der Waals surface area (Å²) in [4.78, 5) is 0. The lowest BCUT2D eigenvalue weighted by atomic mass is 10.1. The van der Waals surface area contributed by atoms with Crippen LogP contribution in [-0.4, -0.2) is 6.61 Å². The zero-order valence-corrected chi connectivity index (χ0v) is 11.1. The Balaban J connectivity index is 1.72. The summed E-state index contributed by atoms with van der Waals surface area (Å²) in [5, 5.41) is 0. The number of allylic oxidation sites excluding steroid dienone is 1. The average molecular weight is 264 g/mol. The van der Waals surface area contributed by atoms with Gasteiger partial charge in [-0.1, -0.05) is 49.0 Å². The maximum atomic E-state index is 5.79. The summed E-state index contributed by atoms with van der Waals surface area (Å²) in [7, 11) is 0. The fourth-order valence-electron chi connectivity index (χ4n) is 2.08. The van der Waals surface area contributed by atoms with E-state index in [2.05, 4.69) is 35.6 Å². The lowest BCUT2D eigenvalue weighted by molar-refractivity contribution is 0.342. The molecule has 0 unspecified atom stereocenters. The molecule has 0 saturated heterocycles. The first-order valence-corrected chi connectivity index (χ1v) is 6.51. The van der Waals surface area contributed by atoms with E-state index in [4.69, 9.17) is 4.74 Å². The summed E-state index contributed by atoms with van der Waals surface area (Å²) in [6, 6.07) is 18.4. The van der Waals surface area contributed by atoms with E-state index in [-0.39, 0.29) is 0 Å². The standard InChI is InChI=1S/C17H16N2O/c1-13-10-16(19-18-13)12-20-17-9-5-8-15(11-17)14-6-3-2-4-7-14/h2-11,18-19H,1,12H2. The molecule has 0 aromatic heterocycles. The molecule has 1 heterocycles. The highest BCUT2D eigenvalue weighted by Crippen LogP contribution is 2.23. The minimum absolute atomic E-state index is 0.490. The number of hydrogen-bond donors (Lipinski definition) is 2. The van der Waals surface area contributed by atoms with Gasteiger partial charge >= 0.3 is 0 Å². The molecule has 100 valence electrons. The number of ether oxygens (including phenoxy) is 1. The molecule has 1 aliphatic heterocycles. The van der Waals surface area contributed by atoms with Gasteiger partial charge in [0.05, 0.1) is 5.70 Å². The van der Waals surface area contributed by atoms with Gasteiger partial charge in [-0.2, -0.15) is 0 Å². The number of hydrazine groups is 1. The van der Waals surface area contributed by atoms with Crippen LogP contribution in [0.3, 0.4) is 0 Å². The molecule has 0 spiro atoms. The molecule has 20 heavy (non-hydrogen) atoms. The summed E-state index contributed by atoms with van der Waals surface area (Å²) in [6.07, 6.45) is 1.93. The molecule has 0 amide bonds. The van der Waals surface area contributed by atoms with Crippen molar-refractivity contribution in [3.05, 3.63) is 78.6 Å². The molecule has 1 aliphatic rings. The van der Waals surface area contributed by atoms with Crippen LogP contribution in [0.5, 0.6) is 5.75 Å². The van der Waals surface area contributed by atoms with Crippen molar-refractivity contribution in [3.63, 3.8) is 0 Å². The van der Waals surface area contributed by atoms with Crippen LogP contribution < -0.4 is 15.6 Å². The quantitative estimate of drug-likeness (QED) is 0.889. The van der Waals surface area contributed by atoms with Gasteiger partial charge in [0.2, 0.25) is 0 Å². The smallest absolute Gasteiger partial charge is 0.130 e. The molecular weight excluding hydrogens is 248 g/mol. The van der Waals surface area contributed by atoms with Crippen molar-refractivity contribution < 1.29 is 4.74 Å². The maximum absolute atomic E-state index is 5.79. The Hall–Kier alpha value is -2.68. The third-order valence-electron chi connectivity index (χ3n) is 3.07. The number of benzene rings is 2. The maximum Gasteiger partial charge on any atom is 0.130 e. The first-order chi connectivity index (χ1) is 9.81. The van der Waals surface area contributed by atoms with Crippen molar-refractivity contribution in [2.75, 3.05) is 6.61 Å². The van der Waals surface area contributed by atoms with Crippen molar-refractivity contribution in [3.8, 4) is 16.9 Å². The van der Waals surface area contributed by atoms with E-state index in [1.54, 1.807) is 0 Å². The SMILES string of the molecule is C=C1C=C(COc2cccc(-c3ccccc3)c2)NN1. The Kier molecular flexibility index (Phi) is 3.42. The minimum Gasteiger partial charge on any atom is -0.487 e. The van der Waals surface area contributed by atoms with E-state index in [0.717, 1.165) is 22.7 Å². The van der Waals surface area contributed by atoms with E-state index in [9.17, 15) is 0 Å². The Labute approximate surface area is 118 Å². The van der Waals surface area contributed by atoms with Gasteiger partial charge in [-0.3, -0.25) is 0 Å². The second-order valence-electron chi connectivity index (χ2n) is 4.63.